The first-order valence-corrected chi connectivity index (χ1v) is 7.23. The number of aryl methyl sites for hydroxylation is 1. The van der Waals surface area contributed by atoms with Crippen LogP contribution in [0.5, 0.6) is 5.75 Å². The van der Waals surface area contributed by atoms with Gasteiger partial charge in [0.05, 0.1) is 17.9 Å². The fraction of sp³-hybridized carbons (Fsp3) is 0.333. The van der Waals surface area contributed by atoms with Crippen LogP contribution >= 0.6 is 11.3 Å². The van der Waals surface area contributed by atoms with Crippen molar-refractivity contribution >= 4 is 11.3 Å². The zero-order valence-corrected chi connectivity index (χ0v) is 12.0. The molecule has 0 bridgehead atoms. The van der Waals surface area contributed by atoms with Gasteiger partial charge in [0.2, 0.25) is 0 Å². The number of ether oxygens (including phenoxy) is 1. The molecule has 0 radical (unpaired) electrons. The summed E-state index contributed by atoms with van der Waals surface area (Å²) in [7, 11) is 0. The molecule has 1 aromatic carbocycles. The minimum absolute atomic E-state index is 0.620. The molecule has 3 nitrogen and oxygen atoms in total. The smallest absolute Gasteiger partial charge is 0.129 e. The van der Waals surface area contributed by atoms with Crippen molar-refractivity contribution in [2.75, 3.05) is 6.61 Å². The van der Waals surface area contributed by atoms with Crippen molar-refractivity contribution in [1.29, 1.82) is 5.26 Å². The number of nitrogens with zero attached hydrogens (tertiary/aromatic N) is 2. The van der Waals surface area contributed by atoms with Gasteiger partial charge >= 0.3 is 0 Å². The lowest BCUT2D eigenvalue weighted by atomic mass is 10.2. The Balaban J connectivity index is 2.45. The van der Waals surface area contributed by atoms with Crippen LogP contribution in [0.25, 0.3) is 10.6 Å². The maximum atomic E-state index is 9.17. The van der Waals surface area contributed by atoms with Gasteiger partial charge in [-0.05, 0) is 25.5 Å². The number of benzene rings is 1. The summed E-state index contributed by atoms with van der Waals surface area (Å²) in [6.45, 7) is 4.67. The zero-order valence-electron chi connectivity index (χ0n) is 11.1. The Bertz CT molecular complexity index is 598. The first kappa shape index (κ1) is 13.6. The van der Waals surface area contributed by atoms with Gasteiger partial charge < -0.3 is 4.74 Å². The van der Waals surface area contributed by atoms with E-state index in [2.05, 4.69) is 18.0 Å². The summed E-state index contributed by atoms with van der Waals surface area (Å²) in [5.41, 5.74) is 1.87. The number of rotatable bonds is 5. The molecule has 0 saturated heterocycles. The Morgan fingerprint density at radius 3 is 2.79 bits per heavy atom. The van der Waals surface area contributed by atoms with Crippen LogP contribution in [0.1, 0.15) is 30.8 Å². The van der Waals surface area contributed by atoms with Gasteiger partial charge in [-0.25, -0.2) is 4.98 Å². The van der Waals surface area contributed by atoms with Gasteiger partial charge in [0, 0.05) is 0 Å². The molecule has 4 heteroatoms. The molecule has 0 N–H and O–H groups in total. The van der Waals surface area contributed by atoms with Gasteiger partial charge in [0.1, 0.15) is 21.7 Å². The van der Waals surface area contributed by atoms with Crippen LogP contribution < -0.4 is 4.74 Å². The number of hydrogen-bond acceptors (Lipinski definition) is 4. The average molecular weight is 272 g/mol. The number of hydrogen-bond donors (Lipinski definition) is 0. The summed E-state index contributed by atoms with van der Waals surface area (Å²) >= 11 is 1.44. The molecule has 0 fully saturated rings. The molecule has 2 rings (SSSR count). The first-order chi connectivity index (χ1) is 9.30. The van der Waals surface area contributed by atoms with E-state index < -0.39 is 0 Å². The van der Waals surface area contributed by atoms with E-state index in [1.165, 1.54) is 11.3 Å². The lowest BCUT2D eigenvalue weighted by Gasteiger charge is -2.07. The van der Waals surface area contributed by atoms with E-state index in [1.54, 1.807) is 0 Å². The van der Waals surface area contributed by atoms with E-state index in [0.717, 1.165) is 34.9 Å². The highest BCUT2D eigenvalue weighted by atomic mass is 32.1. The molecule has 0 spiro atoms. The quantitative estimate of drug-likeness (QED) is 0.825. The molecular weight excluding hydrogens is 256 g/mol. The second-order valence-electron chi connectivity index (χ2n) is 4.09. The van der Waals surface area contributed by atoms with Crippen LogP contribution in [0.4, 0.5) is 0 Å². The summed E-state index contributed by atoms with van der Waals surface area (Å²) < 4.78 is 5.62. The molecule has 0 aliphatic rings. The van der Waals surface area contributed by atoms with Crippen molar-refractivity contribution in [2.24, 2.45) is 0 Å². The van der Waals surface area contributed by atoms with Crippen LogP contribution in [-0.2, 0) is 6.42 Å². The van der Waals surface area contributed by atoms with Crippen molar-refractivity contribution < 1.29 is 4.74 Å². The third-order valence-electron chi connectivity index (χ3n) is 2.70. The van der Waals surface area contributed by atoms with Crippen LogP contribution in [0.2, 0.25) is 0 Å². The molecule has 19 heavy (non-hydrogen) atoms. The van der Waals surface area contributed by atoms with E-state index in [4.69, 9.17) is 10.00 Å². The third-order valence-corrected chi connectivity index (χ3v) is 3.74. The molecule has 98 valence electrons. The van der Waals surface area contributed by atoms with Crippen molar-refractivity contribution in [3.05, 3.63) is 34.8 Å². The van der Waals surface area contributed by atoms with E-state index in [0.29, 0.717) is 11.5 Å². The molecule has 0 aliphatic heterocycles. The zero-order chi connectivity index (χ0) is 13.7. The molecule has 2 aromatic rings. The Kier molecular flexibility index (Phi) is 4.53. The van der Waals surface area contributed by atoms with Crippen LogP contribution in [0.3, 0.4) is 0 Å². The van der Waals surface area contributed by atoms with E-state index in [1.807, 2.05) is 31.2 Å². The van der Waals surface area contributed by atoms with Crippen molar-refractivity contribution in [3.8, 4) is 22.4 Å². The Morgan fingerprint density at radius 2 is 2.11 bits per heavy atom. The van der Waals surface area contributed by atoms with Crippen LogP contribution in [-0.4, -0.2) is 11.6 Å². The second-order valence-corrected chi connectivity index (χ2v) is 5.08. The predicted molar refractivity (Wildman–Crippen MR) is 77.4 cm³/mol. The van der Waals surface area contributed by atoms with Crippen molar-refractivity contribution in [1.82, 2.24) is 4.98 Å². The first-order valence-electron chi connectivity index (χ1n) is 6.42. The number of thiazole rings is 1. The molecule has 0 unspecified atom stereocenters. The lowest BCUT2D eigenvalue weighted by Crippen LogP contribution is -1.93. The highest BCUT2D eigenvalue weighted by molar-refractivity contribution is 7.15. The Labute approximate surface area is 117 Å². The number of aromatic nitrogens is 1. The Hall–Kier alpha value is -1.86. The van der Waals surface area contributed by atoms with Crippen molar-refractivity contribution in [2.45, 2.75) is 26.7 Å². The molecule has 1 heterocycles. The minimum atomic E-state index is 0.620. The highest BCUT2D eigenvalue weighted by Crippen LogP contribution is 2.34. The summed E-state index contributed by atoms with van der Waals surface area (Å²) in [4.78, 5) is 5.31. The van der Waals surface area contributed by atoms with Gasteiger partial charge in [0.15, 0.2) is 0 Å². The highest BCUT2D eigenvalue weighted by Gasteiger charge is 2.14. The summed E-state index contributed by atoms with van der Waals surface area (Å²) in [5, 5.41) is 10.0. The molecular formula is C15H16N2OS. The predicted octanol–water partition coefficient (Wildman–Crippen LogP) is 4.03. The molecule has 0 saturated carbocycles. The van der Waals surface area contributed by atoms with Gasteiger partial charge in [-0.15, -0.1) is 11.3 Å². The van der Waals surface area contributed by atoms with E-state index in [-0.39, 0.29) is 0 Å². The molecule has 1 aromatic heterocycles. The van der Waals surface area contributed by atoms with Gasteiger partial charge in [-0.3, -0.25) is 0 Å². The summed E-state index contributed by atoms with van der Waals surface area (Å²) in [6, 6.07) is 10.1. The summed E-state index contributed by atoms with van der Waals surface area (Å²) in [5.74, 6) is 0.825. The minimum Gasteiger partial charge on any atom is -0.493 e. The van der Waals surface area contributed by atoms with Gasteiger partial charge in [0.25, 0.3) is 0 Å². The van der Waals surface area contributed by atoms with Crippen molar-refractivity contribution in [3.63, 3.8) is 0 Å². The lowest BCUT2D eigenvalue weighted by molar-refractivity contribution is 0.341. The largest absolute Gasteiger partial charge is 0.493 e. The van der Waals surface area contributed by atoms with E-state index >= 15 is 0 Å². The van der Waals surface area contributed by atoms with Crippen LogP contribution in [0.15, 0.2) is 24.3 Å². The maximum Gasteiger partial charge on any atom is 0.129 e. The summed E-state index contributed by atoms with van der Waals surface area (Å²) in [6.07, 6.45) is 1.83. The standard InChI is InChI=1S/C15H16N2OS/c1-3-7-12-14(10-16)19-15(17-12)11-8-5-6-9-13(11)18-4-2/h5-6,8-9H,3-4,7H2,1-2H3. The third kappa shape index (κ3) is 2.94. The number of para-hydroxylation sites is 1. The van der Waals surface area contributed by atoms with Gasteiger partial charge in [-0.2, -0.15) is 5.26 Å². The monoisotopic (exact) mass is 272 g/mol. The second kappa shape index (κ2) is 6.35. The topological polar surface area (TPSA) is 45.9 Å². The average Bonchev–Trinajstić information content (AvgIpc) is 2.83. The Morgan fingerprint density at radius 1 is 1.32 bits per heavy atom. The van der Waals surface area contributed by atoms with Gasteiger partial charge in [-0.1, -0.05) is 25.5 Å². The number of nitriles is 1. The fourth-order valence-corrected chi connectivity index (χ4v) is 2.82. The SMILES string of the molecule is CCCc1nc(-c2ccccc2OCC)sc1C#N. The van der Waals surface area contributed by atoms with E-state index in [9.17, 15) is 0 Å². The molecule has 0 amide bonds. The normalized spacial score (nSPS) is 10.2. The molecule has 0 atom stereocenters. The maximum absolute atomic E-state index is 9.17. The molecule has 0 aliphatic carbocycles. The fourth-order valence-electron chi connectivity index (χ4n) is 1.89. The van der Waals surface area contributed by atoms with Crippen LogP contribution in [0, 0.1) is 11.3 Å².